The average Bonchev–Trinajstić information content (AvgIpc) is 2.86. The molecule has 0 atom stereocenters. The van der Waals surface area contributed by atoms with Crippen molar-refractivity contribution in [3.05, 3.63) is 75.2 Å². The minimum Gasteiger partial charge on any atom is -0.383 e. The molecule has 0 bridgehead atoms. The number of carbonyl (C=O) groups is 1. The highest BCUT2D eigenvalue weighted by Crippen LogP contribution is 2.24. The van der Waals surface area contributed by atoms with Crippen molar-refractivity contribution in [1.29, 1.82) is 0 Å². The number of rotatable bonds is 9. The van der Waals surface area contributed by atoms with Gasteiger partial charge in [-0.25, -0.2) is 4.68 Å². The third kappa shape index (κ3) is 6.03. The lowest BCUT2D eigenvalue weighted by Crippen LogP contribution is -2.40. The van der Waals surface area contributed by atoms with Gasteiger partial charge in [0.05, 0.1) is 23.7 Å². The Morgan fingerprint density at radius 2 is 1.82 bits per heavy atom. The average molecular weight is 483 g/mol. The lowest BCUT2D eigenvalue weighted by atomic mass is 10.0. The van der Waals surface area contributed by atoms with Crippen LogP contribution in [0.5, 0.6) is 0 Å². The monoisotopic (exact) mass is 482 g/mol. The van der Waals surface area contributed by atoms with Crippen LogP contribution in [0.1, 0.15) is 36.6 Å². The smallest absolute Gasteiger partial charge is 0.274 e. The number of amides is 1. The van der Waals surface area contributed by atoms with Crippen LogP contribution in [0.2, 0.25) is 5.02 Å². The van der Waals surface area contributed by atoms with E-state index in [0.717, 1.165) is 42.6 Å². The molecule has 0 unspecified atom stereocenters. The first-order valence-electron chi connectivity index (χ1n) is 11.8. The minimum atomic E-state index is -0.0357. The van der Waals surface area contributed by atoms with Gasteiger partial charge >= 0.3 is 0 Å². The molecule has 2 aromatic carbocycles. The van der Waals surface area contributed by atoms with Crippen molar-refractivity contribution in [2.45, 2.75) is 31.7 Å². The second-order valence-electron chi connectivity index (χ2n) is 8.71. The van der Waals surface area contributed by atoms with Crippen LogP contribution in [0, 0.1) is 0 Å². The Morgan fingerprint density at radius 1 is 1.12 bits per heavy atom. The summed E-state index contributed by atoms with van der Waals surface area (Å²) in [6.45, 7) is 3.44. The highest BCUT2D eigenvalue weighted by Gasteiger charge is 2.24. The van der Waals surface area contributed by atoms with E-state index >= 15 is 0 Å². The summed E-state index contributed by atoms with van der Waals surface area (Å²) in [5, 5.41) is 10.0. The molecule has 0 saturated carbocycles. The number of piperidine rings is 1. The zero-order chi connectivity index (χ0) is 23.9. The summed E-state index contributed by atoms with van der Waals surface area (Å²) in [6, 6.07) is 15.5. The topological polar surface area (TPSA) is 76.5 Å². The van der Waals surface area contributed by atoms with E-state index in [9.17, 15) is 9.59 Å². The van der Waals surface area contributed by atoms with Crippen LogP contribution in [-0.2, 0) is 16.0 Å². The molecule has 4 rings (SSSR count). The predicted octanol–water partition coefficient (Wildman–Crippen LogP) is 3.43. The molecule has 0 aliphatic carbocycles. The number of fused-ring (bicyclic) bond motifs is 1. The maximum atomic E-state index is 13.3. The van der Waals surface area contributed by atoms with E-state index in [2.05, 4.69) is 10.2 Å². The van der Waals surface area contributed by atoms with Crippen molar-refractivity contribution in [1.82, 2.24) is 20.0 Å². The van der Waals surface area contributed by atoms with Crippen LogP contribution in [-0.4, -0.2) is 60.5 Å². The number of hydrogen-bond acceptors (Lipinski definition) is 5. The Balaban J connectivity index is 1.46. The Kier molecular flexibility index (Phi) is 8.32. The van der Waals surface area contributed by atoms with Crippen LogP contribution in [0.3, 0.4) is 0 Å². The third-order valence-electron chi connectivity index (χ3n) is 6.38. The first-order valence-corrected chi connectivity index (χ1v) is 12.2. The van der Waals surface area contributed by atoms with Crippen LogP contribution >= 0.6 is 11.6 Å². The Bertz CT molecular complexity index is 1170. The molecule has 1 saturated heterocycles. The van der Waals surface area contributed by atoms with Gasteiger partial charge in [-0.15, -0.1) is 0 Å². The molecule has 1 amide bonds. The van der Waals surface area contributed by atoms with Gasteiger partial charge in [-0.05, 0) is 36.6 Å². The molecule has 0 spiro atoms. The number of benzene rings is 2. The number of nitrogens with zero attached hydrogens (tertiary/aromatic N) is 3. The molecule has 1 N–H and O–H groups in total. The SMILES string of the molecule is COCCNC(=O)CCN1CCC(n2nc(Cc3ccc(Cl)cc3)c3ccccc3c2=O)CC1. The van der Waals surface area contributed by atoms with Crippen LogP contribution < -0.4 is 10.9 Å². The first kappa shape index (κ1) is 24.4. The summed E-state index contributed by atoms with van der Waals surface area (Å²) in [6.07, 6.45) is 2.76. The van der Waals surface area contributed by atoms with Crippen LogP contribution in [0.25, 0.3) is 10.8 Å². The molecule has 1 fully saturated rings. The van der Waals surface area contributed by atoms with Gasteiger partial charge in [0.25, 0.3) is 5.56 Å². The second kappa shape index (κ2) is 11.6. The molecule has 1 aliphatic rings. The largest absolute Gasteiger partial charge is 0.383 e. The molecule has 2 heterocycles. The van der Waals surface area contributed by atoms with Gasteiger partial charge in [0, 0.05) is 56.5 Å². The van der Waals surface area contributed by atoms with E-state index in [1.807, 2.05) is 48.5 Å². The fraction of sp³-hybridized carbons (Fsp3) is 0.423. The Labute approximate surface area is 204 Å². The van der Waals surface area contributed by atoms with Gasteiger partial charge in [0.15, 0.2) is 0 Å². The van der Waals surface area contributed by atoms with E-state index in [4.69, 9.17) is 21.4 Å². The van der Waals surface area contributed by atoms with Crippen LogP contribution in [0.4, 0.5) is 0 Å². The standard InChI is InChI=1S/C26H31ClN4O3/c1-34-17-13-28-25(32)12-16-30-14-10-21(11-15-30)31-26(33)23-5-3-2-4-22(23)24(29-31)18-19-6-8-20(27)9-7-19/h2-9,21H,10-18H2,1H3,(H,28,32). The minimum absolute atomic E-state index is 0.0357. The number of aromatic nitrogens is 2. The Hall–Kier alpha value is -2.74. The fourth-order valence-corrected chi connectivity index (χ4v) is 4.60. The number of carbonyl (C=O) groups excluding carboxylic acids is 1. The van der Waals surface area contributed by atoms with Gasteiger partial charge in [-0.2, -0.15) is 5.10 Å². The van der Waals surface area contributed by atoms with Gasteiger partial charge in [0.2, 0.25) is 5.91 Å². The van der Waals surface area contributed by atoms with Crippen molar-refractivity contribution in [3.8, 4) is 0 Å². The summed E-state index contributed by atoms with van der Waals surface area (Å²) in [4.78, 5) is 27.6. The van der Waals surface area contributed by atoms with Gasteiger partial charge in [-0.1, -0.05) is 41.9 Å². The highest BCUT2D eigenvalue weighted by molar-refractivity contribution is 6.30. The van der Waals surface area contributed by atoms with Crippen molar-refractivity contribution in [2.24, 2.45) is 0 Å². The zero-order valence-corrected chi connectivity index (χ0v) is 20.3. The normalized spacial score (nSPS) is 15.0. The van der Waals surface area contributed by atoms with Gasteiger partial charge in [-0.3, -0.25) is 9.59 Å². The van der Waals surface area contributed by atoms with Crippen molar-refractivity contribution >= 4 is 28.3 Å². The number of hydrogen-bond donors (Lipinski definition) is 1. The highest BCUT2D eigenvalue weighted by atomic mass is 35.5. The molecule has 3 aromatic rings. The van der Waals surface area contributed by atoms with Crippen molar-refractivity contribution in [3.63, 3.8) is 0 Å². The number of likely N-dealkylation sites (tertiary alicyclic amines) is 1. The maximum absolute atomic E-state index is 13.3. The van der Waals surface area contributed by atoms with Crippen LogP contribution in [0.15, 0.2) is 53.3 Å². The Morgan fingerprint density at radius 3 is 2.53 bits per heavy atom. The van der Waals surface area contributed by atoms with E-state index in [1.165, 1.54) is 0 Å². The predicted molar refractivity (Wildman–Crippen MR) is 134 cm³/mol. The summed E-state index contributed by atoms with van der Waals surface area (Å²) in [5.41, 5.74) is 1.96. The second-order valence-corrected chi connectivity index (χ2v) is 9.15. The van der Waals surface area contributed by atoms with E-state index < -0.39 is 0 Å². The zero-order valence-electron chi connectivity index (χ0n) is 19.5. The van der Waals surface area contributed by atoms with E-state index in [1.54, 1.807) is 11.8 Å². The summed E-state index contributed by atoms with van der Waals surface area (Å²) in [5.74, 6) is 0.0402. The number of ether oxygens (including phenoxy) is 1. The van der Waals surface area contributed by atoms with Gasteiger partial charge < -0.3 is 15.0 Å². The molecule has 180 valence electrons. The molecule has 8 heteroatoms. The molecule has 34 heavy (non-hydrogen) atoms. The number of nitrogens with one attached hydrogen (secondary N) is 1. The molecular weight excluding hydrogens is 452 g/mol. The fourth-order valence-electron chi connectivity index (χ4n) is 4.48. The maximum Gasteiger partial charge on any atom is 0.274 e. The molecule has 0 radical (unpaired) electrons. The summed E-state index contributed by atoms with van der Waals surface area (Å²) in [7, 11) is 1.62. The van der Waals surface area contributed by atoms with Gasteiger partial charge in [0.1, 0.15) is 0 Å². The number of halogens is 1. The third-order valence-corrected chi connectivity index (χ3v) is 6.63. The number of methoxy groups -OCH3 is 1. The molecule has 1 aliphatic heterocycles. The molecular formula is C26H31ClN4O3. The van der Waals surface area contributed by atoms with Crippen molar-refractivity contribution < 1.29 is 9.53 Å². The lowest BCUT2D eigenvalue weighted by Gasteiger charge is -2.32. The van der Waals surface area contributed by atoms with E-state index in [-0.39, 0.29) is 17.5 Å². The first-order chi connectivity index (χ1) is 16.5. The summed E-state index contributed by atoms with van der Waals surface area (Å²) >= 11 is 6.04. The quantitative estimate of drug-likeness (QED) is 0.473. The lowest BCUT2D eigenvalue weighted by molar-refractivity contribution is -0.121. The summed E-state index contributed by atoms with van der Waals surface area (Å²) < 4.78 is 6.66. The van der Waals surface area contributed by atoms with E-state index in [0.29, 0.717) is 42.9 Å². The molecule has 7 nitrogen and oxygen atoms in total. The molecule has 1 aromatic heterocycles. The van der Waals surface area contributed by atoms with Crippen molar-refractivity contribution in [2.75, 3.05) is 39.9 Å².